The van der Waals surface area contributed by atoms with E-state index >= 15 is 0 Å². The smallest absolute Gasteiger partial charge is 0.306 e. The van der Waals surface area contributed by atoms with Crippen LogP contribution in [0.15, 0.2) is 0 Å². The minimum absolute atomic E-state index is 0.00340. The Hall–Kier alpha value is -0.990. The third-order valence-corrected chi connectivity index (χ3v) is 11.5. The van der Waals surface area contributed by atoms with Gasteiger partial charge in [-0.25, -0.2) is 0 Å². The van der Waals surface area contributed by atoms with Gasteiger partial charge in [0.25, 0.3) is 7.82 Å². The van der Waals surface area contributed by atoms with E-state index in [2.05, 4.69) is 13.8 Å². The summed E-state index contributed by atoms with van der Waals surface area (Å²) in [4.78, 5) is 37.7. The summed E-state index contributed by atoms with van der Waals surface area (Å²) in [7, 11) is -2.59. The minimum Gasteiger partial charge on any atom is -0.756 e. The van der Waals surface area contributed by atoms with Gasteiger partial charge in [0.1, 0.15) is 19.8 Å². The molecule has 0 aromatic rings. The highest BCUT2D eigenvalue weighted by atomic mass is 31.2. The number of unbranched alkanes of at least 4 members (excludes halogenated alkanes) is 24. The Morgan fingerprint density at radius 3 is 1.29 bits per heavy atom. The first-order valence-electron chi connectivity index (χ1n) is 21.9. The van der Waals surface area contributed by atoms with Crippen LogP contribution < -0.4 is 4.89 Å². The lowest BCUT2D eigenvalue weighted by Gasteiger charge is -2.33. The van der Waals surface area contributed by atoms with E-state index in [0.717, 1.165) is 45.2 Å². The van der Waals surface area contributed by atoms with E-state index in [1.54, 1.807) is 0 Å². The summed E-state index contributed by atoms with van der Waals surface area (Å²) >= 11 is 0. The van der Waals surface area contributed by atoms with Crippen molar-refractivity contribution >= 4 is 19.8 Å². The number of phosphoric acid groups is 1. The van der Waals surface area contributed by atoms with Crippen molar-refractivity contribution in [3.8, 4) is 0 Å². The van der Waals surface area contributed by atoms with Gasteiger partial charge in [-0.15, -0.1) is 0 Å². The van der Waals surface area contributed by atoms with E-state index < -0.39 is 26.5 Å². The quantitative estimate of drug-likeness (QED) is 0.0263. The molecule has 0 radical (unpaired) electrons. The lowest BCUT2D eigenvalue weighted by molar-refractivity contribution is -0.906. The van der Waals surface area contributed by atoms with Gasteiger partial charge in [-0.3, -0.25) is 14.2 Å². The van der Waals surface area contributed by atoms with Crippen LogP contribution in [0, 0.1) is 0 Å². The van der Waals surface area contributed by atoms with Gasteiger partial charge in [0.05, 0.1) is 26.7 Å². The Morgan fingerprint density at radius 2 is 0.904 bits per heavy atom. The molecular formula is C42H84NO8P. The van der Waals surface area contributed by atoms with Crippen LogP contribution in [0.3, 0.4) is 0 Å². The molecule has 0 aromatic heterocycles. The van der Waals surface area contributed by atoms with Gasteiger partial charge >= 0.3 is 11.9 Å². The van der Waals surface area contributed by atoms with Crippen LogP contribution in [-0.2, 0) is 32.7 Å². The SMILES string of the molecule is CCCCCCCCCCCCCCCC(=O)OCC(COP(=O)([O-])OCC[N+](C)(CC)CC)OC(=O)CCCCCCCCCCCCCCC. The minimum atomic E-state index is -4.63. The number of hydrogen-bond acceptors (Lipinski definition) is 8. The van der Waals surface area contributed by atoms with Crippen LogP contribution in [0.2, 0.25) is 0 Å². The maximum absolute atomic E-state index is 12.7. The maximum atomic E-state index is 12.7. The van der Waals surface area contributed by atoms with Crippen LogP contribution in [0.4, 0.5) is 0 Å². The molecule has 0 saturated carbocycles. The summed E-state index contributed by atoms with van der Waals surface area (Å²) in [5.74, 6) is -0.817. The normalized spacial score (nSPS) is 13.6. The van der Waals surface area contributed by atoms with E-state index in [1.807, 2.05) is 20.9 Å². The van der Waals surface area contributed by atoms with Crippen molar-refractivity contribution in [1.29, 1.82) is 0 Å². The molecule has 2 unspecified atom stereocenters. The zero-order valence-electron chi connectivity index (χ0n) is 34.8. The Morgan fingerprint density at radius 1 is 0.538 bits per heavy atom. The summed E-state index contributed by atoms with van der Waals surface area (Å²) in [6.07, 6.45) is 31.2. The molecule has 0 N–H and O–H groups in total. The molecule has 0 aliphatic heterocycles. The van der Waals surface area contributed by atoms with Gasteiger partial charge in [0.15, 0.2) is 6.10 Å². The van der Waals surface area contributed by atoms with Gasteiger partial charge < -0.3 is 27.9 Å². The lowest BCUT2D eigenvalue weighted by atomic mass is 10.0. The molecule has 0 aliphatic carbocycles. The number of rotatable bonds is 40. The van der Waals surface area contributed by atoms with Gasteiger partial charge in [0, 0.05) is 12.8 Å². The van der Waals surface area contributed by atoms with Crippen molar-refractivity contribution in [1.82, 2.24) is 0 Å². The number of phosphoric ester groups is 1. The summed E-state index contributed by atoms with van der Waals surface area (Å²) < 4.78 is 34.4. The fourth-order valence-corrected chi connectivity index (χ4v) is 7.05. The molecule has 0 spiro atoms. The zero-order valence-corrected chi connectivity index (χ0v) is 35.7. The fourth-order valence-electron chi connectivity index (χ4n) is 6.32. The predicted octanol–water partition coefficient (Wildman–Crippen LogP) is 11.4. The Labute approximate surface area is 321 Å². The number of carbonyl (C=O) groups is 2. The molecule has 0 heterocycles. The number of ether oxygens (including phenoxy) is 2. The summed E-state index contributed by atoms with van der Waals surface area (Å²) in [6.45, 7) is 10.1. The average molecular weight is 762 g/mol. The first-order chi connectivity index (χ1) is 25.1. The molecule has 310 valence electrons. The molecule has 0 rings (SSSR count). The summed E-state index contributed by atoms with van der Waals surface area (Å²) in [6, 6.07) is 0. The second-order valence-electron chi connectivity index (χ2n) is 15.3. The topological polar surface area (TPSA) is 111 Å². The largest absolute Gasteiger partial charge is 0.756 e. The molecule has 10 heteroatoms. The summed E-state index contributed by atoms with van der Waals surface area (Å²) in [5, 5.41) is 0. The standard InChI is InChI=1S/C42H84NO8P/c1-6-10-12-14-16-18-20-22-24-26-28-30-32-34-41(44)48-38-40(39-50-52(46,47)49-37-36-43(5,8-3)9-4)51-42(45)35-33-31-29-27-25-23-21-19-17-15-13-11-7-2/h40H,6-39H2,1-5H3. The molecule has 0 bridgehead atoms. The summed E-state index contributed by atoms with van der Waals surface area (Å²) in [5.41, 5.74) is 0. The molecular weight excluding hydrogens is 677 g/mol. The van der Waals surface area contributed by atoms with Crippen LogP contribution in [-0.4, -0.2) is 69.0 Å². The number of quaternary nitrogens is 1. The molecule has 0 aromatic carbocycles. The van der Waals surface area contributed by atoms with Gasteiger partial charge in [-0.2, -0.15) is 0 Å². The number of carbonyl (C=O) groups excluding carboxylic acids is 2. The van der Waals surface area contributed by atoms with Crippen molar-refractivity contribution < 1.29 is 42.1 Å². The first-order valence-corrected chi connectivity index (χ1v) is 23.4. The van der Waals surface area contributed by atoms with Gasteiger partial charge in [-0.05, 0) is 26.7 Å². The third-order valence-electron chi connectivity index (χ3n) is 10.5. The second-order valence-corrected chi connectivity index (χ2v) is 16.7. The zero-order chi connectivity index (χ0) is 38.6. The van der Waals surface area contributed by atoms with Crippen molar-refractivity contribution in [2.45, 2.75) is 214 Å². The van der Waals surface area contributed by atoms with E-state index in [1.165, 1.54) is 128 Å². The highest BCUT2D eigenvalue weighted by molar-refractivity contribution is 7.45. The van der Waals surface area contributed by atoms with Gasteiger partial charge in [0.2, 0.25) is 0 Å². The van der Waals surface area contributed by atoms with E-state index in [-0.39, 0.29) is 32.0 Å². The third kappa shape index (κ3) is 33.6. The maximum Gasteiger partial charge on any atom is 0.306 e. The van der Waals surface area contributed by atoms with Crippen molar-refractivity contribution in [2.24, 2.45) is 0 Å². The van der Waals surface area contributed by atoms with E-state index in [4.69, 9.17) is 18.5 Å². The Balaban J connectivity index is 4.48. The second kappa shape index (κ2) is 35.7. The first kappa shape index (κ1) is 51.0. The molecule has 0 amide bonds. The van der Waals surface area contributed by atoms with Crippen LogP contribution in [0.5, 0.6) is 0 Å². The molecule has 52 heavy (non-hydrogen) atoms. The lowest BCUT2D eigenvalue weighted by Crippen LogP contribution is -2.45. The highest BCUT2D eigenvalue weighted by Gasteiger charge is 2.22. The van der Waals surface area contributed by atoms with Crippen LogP contribution in [0.1, 0.15) is 207 Å². The molecule has 9 nitrogen and oxygen atoms in total. The fraction of sp³-hybridized carbons (Fsp3) is 0.952. The monoisotopic (exact) mass is 762 g/mol. The van der Waals surface area contributed by atoms with Crippen LogP contribution >= 0.6 is 7.82 Å². The molecule has 2 atom stereocenters. The van der Waals surface area contributed by atoms with E-state index in [9.17, 15) is 19.0 Å². The number of likely N-dealkylation sites (N-methyl/N-ethyl adjacent to an activating group) is 1. The number of esters is 2. The number of hydrogen-bond donors (Lipinski definition) is 0. The molecule has 0 saturated heterocycles. The predicted molar refractivity (Wildman–Crippen MR) is 213 cm³/mol. The van der Waals surface area contributed by atoms with Gasteiger partial charge in [-0.1, -0.05) is 168 Å². The Bertz CT molecular complexity index is 869. The average Bonchev–Trinajstić information content (AvgIpc) is 3.13. The van der Waals surface area contributed by atoms with E-state index in [0.29, 0.717) is 17.4 Å². The van der Waals surface area contributed by atoms with Crippen molar-refractivity contribution in [3.63, 3.8) is 0 Å². The number of nitrogens with zero attached hydrogens (tertiary/aromatic N) is 1. The Kier molecular flexibility index (Phi) is 35.0. The molecule has 0 fully saturated rings. The highest BCUT2D eigenvalue weighted by Crippen LogP contribution is 2.38. The van der Waals surface area contributed by atoms with Crippen molar-refractivity contribution in [2.75, 3.05) is 46.5 Å². The van der Waals surface area contributed by atoms with Crippen LogP contribution in [0.25, 0.3) is 0 Å². The van der Waals surface area contributed by atoms with Crippen molar-refractivity contribution in [3.05, 3.63) is 0 Å². The molecule has 0 aliphatic rings.